The SMILES string of the molecule is COc1cc(N2CCC(N3CCN(C(C)=O)CC3)CC2)ccc1Nc1cc(N2OCC[C@@H]2c2ccccc2)ncn1. The van der Waals surface area contributed by atoms with Crippen molar-refractivity contribution in [1.82, 2.24) is 19.8 Å². The molecule has 3 fully saturated rings. The van der Waals surface area contributed by atoms with Gasteiger partial charge in [0.2, 0.25) is 5.91 Å². The number of aromatic nitrogens is 2. The number of hydrogen-bond donors (Lipinski definition) is 1. The highest BCUT2D eigenvalue weighted by Crippen LogP contribution is 2.36. The first kappa shape index (κ1) is 27.3. The summed E-state index contributed by atoms with van der Waals surface area (Å²) in [5, 5.41) is 5.31. The van der Waals surface area contributed by atoms with Crippen LogP contribution >= 0.6 is 0 Å². The molecule has 6 rings (SSSR count). The number of benzene rings is 2. The van der Waals surface area contributed by atoms with E-state index in [4.69, 9.17) is 9.57 Å². The number of nitrogens with one attached hydrogen (secondary N) is 1. The van der Waals surface area contributed by atoms with Gasteiger partial charge in [0.25, 0.3) is 0 Å². The van der Waals surface area contributed by atoms with Gasteiger partial charge in [0.05, 0.1) is 25.4 Å². The second-order valence-corrected chi connectivity index (χ2v) is 10.9. The highest BCUT2D eigenvalue weighted by atomic mass is 16.7. The van der Waals surface area contributed by atoms with E-state index in [1.54, 1.807) is 20.4 Å². The van der Waals surface area contributed by atoms with Gasteiger partial charge in [-0.3, -0.25) is 14.5 Å². The van der Waals surface area contributed by atoms with E-state index in [9.17, 15) is 4.79 Å². The van der Waals surface area contributed by atoms with E-state index < -0.39 is 0 Å². The van der Waals surface area contributed by atoms with Crippen LogP contribution in [-0.2, 0) is 9.63 Å². The lowest BCUT2D eigenvalue weighted by Gasteiger charge is -2.43. The number of rotatable bonds is 7. The molecule has 3 saturated heterocycles. The Morgan fingerprint density at radius 2 is 1.73 bits per heavy atom. The molecule has 0 saturated carbocycles. The van der Waals surface area contributed by atoms with Crippen LogP contribution in [0.2, 0.25) is 0 Å². The second-order valence-electron chi connectivity index (χ2n) is 10.9. The summed E-state index contributed by atoms with van der Waals surface area (Å²) in [7, 11) is 1.70. The van der Waals surface area contributed by atoms with Crippen molar-refractivity contribution in [2.75, 3.05) is 68.3 Å². The minimum Gasteiger partial charge on any atom is -0.494 e. The standard InChI is InChI=1S/C31H39N7O3/c1-23(39)35-15-17-37(18-16-35)25-10-13-36(14-11-25)26-8-9-27(29(20-26)40-2)34-30-21-31(33-22-32-30)38-28(12-19-41-38)24-6-4-3-5-7-24/h3-9,20-22,25,28H,10-19H2,1-2H3,(H,32,33,34)/t28-/m1/s1. The molecule has 0 radical (unpaired) electrons. The third-order valence-electron chi connectivity index (χ3n) is 8.52. The molecule has 2 aromatic carbocycles. The molecule has 1 N–H and O–H groups in total. The van der Waals surface area contributed by atoms with Gasteiger partial charge in [-0.15, -0.1) is 0 Å². The average molecular weight is 558 g/mol. The number of hydroxylamine groups is 1. The Morgan fingerprint density at radius 1 is 0.951 bits per heavy atom. The summed E-state index contributed by atoms with van der Waals surface area (Å²) in [6.45, 7) is 7.94. The van der Waals surface area contributed by atoms with E-state index in [0.29, 0.717) is 18.5 Å². The molecule has 10 nitrogen and oxygen atoms in total. The van der Waals surface area contributed by atoms with E-state index in [-0.39, 0.29) is 11.9 Å². The number of nitrogens with zero attached hydrogens (tertiary/aromatic N) is 6. The Hall–Kier alpha value is -3.89. The Labute approximate surface area is 241 Å². The zero-order chi connectivity index (χ0) is 28.2. The molecule has 0 aliphatic carbocycles. The topological polar surface area (TPSA) is 86.3 Å². The van der Waals surface area contributed by atoms with Crippen molar-refractivity contribution in [3.63, 3.8) is 0 Å². The molecule has 10 heteroatoms. The summed E-state index contributed by atoms with van der Waals surface area (Å²) in [5.74, 6) is 2.35. The molecule has 41 heavy (non-hydrogen) atoms. The minimum absolute atomic E-state index is 0.113. The van der Waals surface area contributed by atoms with Crippen LogP contribution in [-0.4, -0.2) is 84.7 Å². The van der Waals surface area contributed by atoms with E-state index in [2.05, 4.69) is 67.5 Å². The van der Waals surface area contributed by atoms with Gasteiger partial charge in [0.15, 0.2) is 5.82 Å². The summed E-state index contributed by atoms with van der Waals surface area (Å²) in [5.41, 5.74) is 3.21. The van der Waals surface area contributed by atoms with Gasteiger partial charge in [-0.1, -0.05) is 30.3 Å². The predicted molar refractivity (Wildman–Crippen MR) is 160 cm³/mol. The second kappa shape index (κ2) is 12.3. The maximum absolute atomic E-state index is 11.7. The number of hydrogen-bond acceptors (Lipinski definition) is 9. The molecule has 3 aliphatic heterocycles. The Morgan fingerprint density at radius 3 is 2.46 bits per heavy atom. The Balaban J connectivity index is 1.09. The van der Waals surface area contributed by atoms with Crippen LogP contribution in [0.25, 0.3) is 0 Å². The van der Waals surface area contributed by atoms with Crippen LogP contribution in [0.5, 0.6) is 5.75 Å². The molecule has 0 bridgehead atoms. The smallest absolute Gasteiger partial charge is 0.219 e. The highest BCUT2D eigenvalue weighted by molar-refractivity contribution is 5.73. The summed E-state index contributed by atoms with van der Waals surface area (Å²) in [6, 6.07) is 19.3. The molecule has 4 heterocycles. The third-order valence-corrected chi connectivity index (χ3v) is 8.52. The number of carbonyl (C=O) groups excluding carboxylic acids is 1. The number of amides is 1. The van der Waals surface area contributed by atoms with E-state index in [1.807, 2.05) is 22.1 Å². The quantitative estimate of drug-likeness (QED) is 0.458. The zero-order valence-electron chi connectivity index (χ0n) is 23.9. The average Bonchev–Trinajstić information content (AvgIpc) is 3.52. The zero-order valence-corrected chi connectivity index (χ0v) is 23.9. The predicted octanol–water partition coefficient (Wildman–Crippen LogP) is 4.24. The van der Waals surface area contributed by atoms with Crippen LogP contribution in [0.15, 0.2) is 60.9 Å². The van der Waals surface area contributed by atoms with Crippen molar-refractivity contribution in [2.24, 2.45) is 0 Å². The number of anilines is 4. The monoisotopic (exact) mass is 557 g/mol. The summed E-state index contributed by atoms with van der Waals surface area (Å²) < 4.78 is 5.79. The molecule has 0 spiro atoms. The largest absolute Gasteiger partial charge is 0.494 e. The lowest BCUT2D eigenvalue weighted by atomic mass is 10.0. The van der Waals surface area contributed by atoms with Gasteiger partial charge in [-0.2, -0.15) is 0 Å². The molecule has 1 aromatic heterocycles. The van der Waals surface area contributed by atoms with Crippen molar-refractivity contribution in [2.45, 2.75) is 38.3 Å². The summed E-state index contributed by atoms with van der Waals surface area (Å²) in [6.07, 6.45) is 4.70. The maximum atomic E-state index is 11.7. The van der Waals surface area contributed by atoms with Crippen LogP contribution in [0.4, 0.5) is 23.0 Å². The first-order valence-electron chi connectivity index (χ1n) is 14.6. The number of carbonyl (C=O) groups is 1. The lowest BCUT2D eigenvalue weighted by molar-refractivity contribution is -0.130. The normalized spacial score (nSPS) is 20.3. The molecule has 216 valence electrons. The summed E-state index contributed by atoms with van der Waals surface area (Å²) >= 11 is 0. The van der Waals surface area contributed by atoms with Crippen molar-refractivity contribution in [3.8, 4) is 5.75 Å². The van der Waals surface area contributed by atoms with E-state index in [1.165, 1.54) is 5.56 Å². The number of methoxy groups -OCH3 is 1. The van der Waals surface area contributed by atoms with Crippen molar-refractivity contribution in [3.05, 3.63) is 66.5 Å². The first-order chi connectivity index (χ1) is 20.1. The van der Waals surface area contributed by atoms with E-state index >= 15 is 0 Å². The lowest BCUT2D eigenvalue weighted by Crippen LogP contribution is -2.54. The summed E-state index contributed by atoms with van der Waals surface area (Å²) in [4.78, 5) is 33.5. The maximum Gasteiger partial charge on any atom is 0.219 e. The molecule has 3 aliphatic rings. The number of ether oxygens (including phenoxy) is 1. The van der Waals surface area contributed by atoms with Crippen LogP contribution < -0.4 is 20.0 Å². The first-order valence-corrected chi connectivity index (χ1v) is 14.6. The van der Waals surface area contributed by atoms with Crippen LogP contribution in [0, 0.1) is 0 Å². The third kappa shape index (κ3) is 6.08. The number of piperidine rings is 1. The van der Waals surface area contributed by atoms with Crippen molar-refractivity contribution < 1.29 is 14.4 Å². The van der Waals surface area contributed by atoms with Crippen molar-refractivity contribution in [1.29, 1.82) is 0 Å². The van der Waals surface area contributed by atoms with E-state index in [0.717, 1.165) is 81.5 Å². The molecule has 0 unspecified atom stereocenters. The fraction of sp³-hybridized carbons (Fsp3) is 0.452. The van der Waals surface area contributed by atoms with Gasteiger partial charge >= 0.3 is 0 Å². The van der Waals surface area contributed by atoms with Gasteiger partial charge in [-0.25, -0.2) is 15.0 Å². The molecule has 3 aromatic rings. The van der Waals surface area contributed by atoms with Gasteiger partial charge in [-0.05, 0) is 30.5 Å². The Kier molecular flexibility index (Phi) is 8.20. The number of piperazine rings is 1. The molecule has 1 amide bonds. The molecular weight excluding hydrogens is 518 g/mol. The van der Waals surface area contributed by atoms with Crippen LogP contribution in [0.3, 0.4) is 0 Å². The van der Waals surface area contributed by atoms with Gasteiger partial charge < -0.3 is 19.9 Å². The van der Waals surface area contributed by atoms with Gasteiger partial charge in [0.1, 0.15) is 17.9 Å². The molecule has 1 atom stereocenters. The van der Waals surface area contributed by atoms with Crippen molar-refractivity contribution >= 4 is 28.9 Å². The van der Waals surface area contributed by atoms with Gasteiger partial charge in [0, 0.05) is 76.5 Å². The Bertz CT molecular complexity index is 1320. The fourth-order valence-electron chi connectivity index (χ4n) is 6.22. The van der Waals surface area contributed by atoms with Crippen LogP contribution in [0.1, 0.15) is 37.8 Å². The fourth-order valence-corrected chi connectivity index (χ4v) is 6.22. The molecular formula is C31H39N7O3. The minimum atomic E-state index is 0.113. The highest BCUT2D eigenvalue weighted by Gasteiger charge is 2.30.